The van der Waals surface area contributed by atoms with Gasteiger partial charge in [0, 0.05) is 31.0 Å². The Morgan fingerprint density at radius 1 is 0.941 bits per heavy atom. The summed E-state index contributed by atoms with van der Waals surface area (Å²) in [6.45, 7) is 1.13. The Morgan fingerprint density at radius 2 is 1.71 bits per heavy atom. The maximum atomic E-state index is 12.8. The molecule has 5 rings (SSSR count). The van der Waals surface area contributed by atoms with Crippen LogP contribution in [0.2, 0.25) is 0 Å². The molecule has 10 heteroatoms. The maximum Gasteiger partial charge on any atom is 0.243 e. The van der Waals surface area contributed by atoms with Crippen LogP contribution in [0.5, 0.6) is 0 Å². The van der Waals surface area contributed by atoms with Crippen LogP contribution in [0, 0.1) is 0 Å². The van der Waals surface area contributed by atoms with Crippen molar-refractivity contribution in [2.24, 2.45) is 0 Å². The van der Waals surface area contributed by atoms with Gasteiger partial charge in [0.15, 0.2) is 10.8 Å². The van der Waals surface area contributed by atoms with Crippen LogP contribution in [0.25, 0.3) is 16.6 Å². The number of sulfonamides is 1. The number of carbonyl (C=O) groups is 1. The molecule has 3 heterocycles. The lowest BCUT2D eigenvalue weighted by molar-refractivity contribution is -0.115. The summed E-state index contributed by atoms with van der Waals surface area (Å²) in [6, 6.07) is 18.4. The zero-order chi connectivity index (χ0) is 23.5. The highest BCUT2D eigenvalue weighted by Gasteiger charge is 2.25. The van der Waals surface area contributed by atoms with E-state index >= 15 is 0 Å². The second kappa shape index (κ2) is 9.73. The number of rotatable bonds is 7. The Hall–Kier alpha value is -2.95. The molecule has 1 N–H and O–H groups in total. The summed E-state index contributed by atoms with van der Waals surface area (Å²) in [7, 11) is -3.48. The van der Waals surface area contributed by atoms with Gasteiger partial charge < -0.3 is 5.32 Å². The molecular weight excluding hydrogens is 470 g/mol. The molecule has 34 heavy (non-hydrogen) atoms. The second-order valence-corrected chi connectivity index (χ2v) is 11.2. The van der Waals surface area contributed by atoms with Gasteiger partial charge in [0.2, 0.25) is 15.9 Å². The molecule has 0 saturated carbocycles. The van der Waals surface area contributed by atoms with Gasteiger partial charge in [0.1, 0.15) is 0 Å². The van der Waals surface area contributed by atoms with E-state index < -0.39 is 10.0 Å². The number of hydrogen-bond acceptors (Lipinski definition) is 6. The van der Waals surface area contributed by atoms with Gasteiger partial charge in [0.05, 0.1) is 10.4 Å². The highest BCUT2D eigenvalue weighted by molar-refractivity contribution is 7.99. The quantitative estimate of drug-likeness (QED) is 0.387. The number of para-hydroxylation sites is 1. The average Bonchev–Trinajstić information content (AvgIpc) is 3.28. The fourth-order valence-electron chi connectivity index (χ4n) is 4.13. The van der Waals surface area contributed by atoms with Gasteiger partial charge in [0.25, 0.3) is 0 Å². The van der Waals surface area contributed by atoms with Gasteiger partial charge >= 0.3 is 0 Å². The van der Waals surface area contributed by atoms with Crippen LogP contribution in [0.1, 0.15) is 25.7 Å². The molecular formula is C24H25N5O3S2. The SMILES string of the molecule is O=C(CCSc1nnc2ccc3ccccc3n12)Nc1ccc(S(=O)(=O)N2CCCCC2)cc1. The van der Waals surface area contributed by atoms with Crippen LogP contribution < -0.4 is 5.32 Å². The zero-order valence-corrected chi connectivity index (χ0v) is 20.2. The van der Waals surface area contributed by atoms with Crippen molar-refractivity contribution < 1.29 is 13.2 Å². The van der Waals surface area contributed by atoms with Crippen molar-refractivity contribution in [3.63, 3.8) is 0 Å². The van der Waals surface area contributed by atoms with Crippen LogP contribution in [0.15, 0.2) is 70.7 Å². The largest absolute Gasteiger partial charge is 0.326 e. The molecule has 2 aromatic carbocycles. The summed E-state index contributed by atoms with van der Waals surface area (Å²) in [5.74, 6) is 0.398. The number of fused-ring (bicyclic) bond motifs is 3. The summed E-state index contributed by atoms with van der Waals surface area (Å²) >= 11 is 1.48. The van der Waals surface area contributed by atoms with E-state index in [1.54, 1.807) is 28.6 Å². The molecule has 176 valence electrons. The molecule has 4 aromatic rings. The third-order valence-corrected chi connectivity index (χ3v) is 8.74. The fourth-order valence-corrected chi connectivity index (χ4v) is 6.54. The van der Waals surface area contributed by atoms with E-state index in [1.165, 1.54) is 11.8 Å². The Balaban J connectivity index is 1.19. The van der Waals surface area contributed by atoms with Crippen molar-refractivity contribution in [1.82, 2.24) is 18.9 Å². The number of pyridine rings is 1. The molecule has 1 saturated heterocycles. The highest BCUT2D eigenvalue weighted by atomic mass is 32.2. The van der Waals surface area contributed by atoms with Crippen LogP contribution in [-0.4, -0.2) is 52.1 Å². The number of hydrogen-bond donors (Lipinski definition) is 1. The topological polar surface area (TPSA) is 96.7 Å². The zero-order valence-electron chi connectivity index (χ0n) is 18.6. The first-order valence-corrected chi connectivity index (χ1v) is 13.7. The number of aromatic nitrogens is 3. The van der Waals surface area contributed by atoms with E-state index in [0.29, 0.717) is 24.5 Å². The normalized spacial score (nSPS) is 15.1. The molecule has 0 atom stereocenters. The monoisotopic (exact) mass is 495 g/mol. The van der Waals surface area contributed by atoms with Crippen LogP contribution in [-0.2, 0) is 14.8 Å². The van der Waals surface area contributed by atoms with Crippen molar-refractivity contribution in [2.45, 2.75) is 35.7 Å². The standard InChI is InChI=1S/C24H25N5O3S2/c30-23(25-19-9-11-20(12-10-19)34(31,32)28-15-4-1-5-16-28)14-17-33-24-27-26-22-13-8-18-6-2-3-7-21(18)29(22)24/h2-3,6-13H,1,4-5,14-17H2,(H,25,30). The third-order valence-electron chi connectivity index (χ3n) is 5.90. The van der Waals surface area contributed by atoms with E-state index in [4.69, 9.17) is 0 Å². The molecule has 0 bridgehead atoms. The molecule has 0 spiro atoms. The highest BCUT2D eigenvalue weighted by Crippen LogP contribution is 2.24. The number of nitrogens with one attached hydrogen (secondary N) is 1. The van der Waals surface area contributed by atoms with E-state index in [9.17, 15) is 13.2 Å². The maximum absolute atomic E-state index is 12.8. The summed E-state index contributed by atoms with van der Waals surface area (Å²) in [6.07, 6.45) is 3.15. The van der Waals surface area contributed by atoms with Gasteiger partial charge in [-0.1, -0.05) is 36.4 Å². The molecule has 1 aliphatic heterocycles. The number of amides is 1. The van der Waals surface area contributed by atoms with E-state index in [2.05, 4.69) is 15.5 Å². The lowest BCUT2D eigenvalue weighted by Crippen LogP contribution is -2.35. The smallest absolute Gasteiger partial charge is 0.243 e. The van der Waals surface area contributed by atoms with Gasteiger partial charge in [-0.3, -0.25) is 9.20 Å². The van der Waals surface area contributed by atoms with Crippen molar-refractivity contribution in [3.05, 3.63) is 60.7 Å². The molecule has 1 amide bonds. The molecule has 8 nitrogen and oxygen atoms in total. The second-order valence-electron chi connectivity index (χ2n) is 8.20. The average molecular weight is 496 g/mol. The van der Waals surface area contributed by atoms with E-state index in [1.807, 2.05) is 40.8 Å². The number of nitrogens with zero attached hydrogens (tertiary/aromatic N) is 4. The minimum Gasteiger partial charge on any atom is -0.326 e. The van der Waals surface area contributed by atoms with Crippen molar-refractivity contribution in [3.8, 4) is 0 Å². The van der Waals surface area contributed by atoms with Gasteiger partial charge in [-0.2, -0.15) is 4.31 Å². The summed E-state index contributed by atoms with van der Waals surface area (Å²) in [5.41, 5.74) is 2.37. The summed E-state index contributed by atoms with van der Waals surface area (Å²) in [4.78, 5) is 12.7. The molecule has 1 aliphatic rings. The van der Waals surface area contributed by atoms with Crippen molar-refractivity contribution >= 4 is 49.9 Å². The van der Waals surface area contributed by atoms with Crippen LogP contribution in [0.3, 0.4) is 0 Å². The van der Waals surface area contributed by atoms with Gasteiger partial charge in [-0.15, -0.1) is 10.2 Å². The van der Waals surface area contributed by atoms with Gasteiger partial charge in [-0.05, 0) is 60.7 Å². The molecule has 0 aliphatic carbocycles. The first kappa shape index (κ1) is 22.8. The summed E-state index contributed by atoms with van der Waals surface area (Å²) in [5, 5.41) is 13.2. The molecule has 0 unspecified atom stereocenters. The third kappa shape index (κ3) is 4.66. The number of carbonyl (C=O) groups excluding carboxylic acids is 1. The number of benzene rings is 2. The van der Waals surface area contributed by atoms with E-state index in [0.717, 1.165) is 41.0 Å². The lowest BCUT2D eigenvalue weighted by atomic mass is 10.2. The van der Waals surface area contributed by atoms with Crippen LogP contribution >= 0.6 is 11.8 Å². The predicted octanol–water partition coefficient (Wildman–Crippen LogP) is 4.18. The minimum absolute atomic E-state index is 0.141. The van der Waals surface area contributed by atoms with Gasteiger partial charge in [-0.25, -0.2) is 8.42 Å². The summed E-state index contributed by atoms with van der Waals surface area (Å²) < 4.78 is 29.1. The Bertz CT molecular complexity index is 1430. The van der Waals surface area contributed by atoms with Crippen LogP contribution in [0.4, 0.5) is 5.69 Å². The fraction of sp³-hybridized carbons (Fsp3) is 0.292. The first-order chi connectivity index (χ1) is 16.5. The number of piperidine rings is 1. The van der Waals surface area contributed by atoms with E-state index in [-0.39, 0.29) is 17.2 Å². The lowest BCUT2D eigenvalue weighted by Gasteiger charge is -2.25. The number of anilines is 1. The Kier molecular flexibility index (Phi) is 6.53. The Morgan fingerprint density at radius 3 is 2.50 bits per heavy atom. The molecule has 2 aromatic heterocycles. The molecule has 1 fully saturated rings. The van der Waals surface area contributed by atoms with Crippen molar-refractivity contribution in [1.29, 1.82) is 0 Å². The number of thioether (sulfide) groups is 1. The molecule has 0 radical (unpaired) electrons. The first-order valence-electron chi connectivity index (χ1n) is 11.3. The predicted molar refractivity (Wildman–Crippen MR) is 134 cm³/mol. The van der Waals surface area contributed by atoms with Crippen molar-refractivity contribution in [2.75, 3.05) is 24.2 Å². The Labute approximate surface area is 202 Å². The minimum atomic E-state index is -3.48.